The summed E-state index contributed by atoms with van der Waals surface area (Å²) in [7, 11) is 0. The molecule has 2 rings (SSSR count). The van der Waals surface area contributed by atoms with Crippen LogP contribution in [0.4, 0.5) is 24.8 Å². The second kappa shape index (κ2) is 8.45. The van der Waals surface area contributed by atoms with Crippen molar-refractivity contribution in [3.05, 3.63) is 36.0 Å². The molecule has 0 bridgehead atoms. The molecule has 0 aliphatic carbocycles. The Morgan fingerprint density at radius 2 is 1.74 bits per heavy atom. The lowest BCUT2D eigenvalue weighted by Gasteiger charge is -2.23. The number of hydrogen-bond donors (Lipinski definition) is 0. The molecule has 0 N–H and O–H groups in total. The van der Waals surface area contributed by atoms with E-state index in [1.165, 1.54) is 0 Å². The van der Waals surface area contributed by atoms with Crippen molar-refractivity contribution in [3.8, 4) is 11.6 Å². The third kappa shape index (κ3) is 5.48. The first-order chi connectivity index (χ1) is 12.6. The van der Waals surface area contributed by atoms with Crippen molar-refractivity contribution in [2.75, 3.05) is 11.4 Å². The minimum Gasteiger partial charge on any atom is -0.491 e. The van der Waals surface area contributed by atoms with E-state index >= 15 is 0 Å². The largest absolute Gasteiger partial charge is 0.491 e. The summed E-state index contributed by atoms with van der Waals surface area (Å²) in [5.74, 6) is 0.310. The average molecular weight is 383 g/mol. The zero-order valence-electron chi connectivity index (χ0n) is 16.0. The van der Waals surface area contributed by atoms with Crippen molar-refractivity contribution < 1.29 is 22.6 Å². The van der Waals surface area contributed by atoms with Gasteiger partial charge in [0.25, 0.3) is 0 Å². The Balaban J connectivity index is 2.45. The normalized spacial score (nSPS) is 11.8. The van der Waals surface area contributed by atoms with E-state index in [9.17, 15) is 13.2 Å². The molecule has 0 fully saturated rings. The van der Waals surface area contributed by atoms with Crippen LogP contribution < -0.4 is 14.4 Å². The van der Waals surface area contributed by atoms with Crippen LogP contribution in [0.5, 0.6) is 11.6 Å². The molecule has 0 unspecified atom stereocenters. The first kappa shape index (κ1) is 20.8. The maximum atomic E-state index is 13.2. The number of ether oxygens (including phenoxy) is 2. The van der Waals surface area contributed by atoms with Gasteiger partial charge in [0.15, 0.2) is 0 Å². The van der Waals surface area contributed by atoms with E-state index in [1.807, 2.05) is 39.0 Å². The maximum Gasteiger partial charge on any atom is 0.423 e. The van der Waals surface area contributed by atoms with Gasteiger partial charge >= 0.3 is 6.18 Å². The van der Waals surface area contributed by atoms with Gasteiger partial charge in [-0.3, -0.25) is 0 Å². The van der Waals surface area contributed by atoms with Gasteiger partial charge in [-0.25, -0.2) is 4.98 Å². The lowest BCUT2D eigenvalue weighted by molar-refractivity contribution is -0.139. The van der Waals surface area contributed by atoms with Crippen LogP contribution in [0.1, 0.15) is 40.2 Å². The van der Waals surface area contributed by atoms with Crippen molar-refractivity contribution in [2.24, 2.45) is 0 Å². The highest BCUT2D eigenvalue weighted by atomic mass is 19.4. The van der Waals surface area contributed by atoms with Gasteiger partial charge in [-0.1, -0.05) is 6.07 Å². The van der Waals surface area contributed by atoms with Crippen molar-refractivity contribution in [1.82, 2.24) is 9.97 Å². The Labute approximate surface area is 157 Å². The van der Waals surface area contributed by atoms with Crippen molar-refractivity contribution in [2.45, 2.75) is 53.0 Å². The zero-order chi connectivity index (χ0) is 20.2. The number of aromatic nitrogens is 2. The number of anilines is 2. The Morgan fingerprint density at radius 1 is 1.07 bits per heavy atom. The Hall–Kier alpha value is -2.51. The topological polar surface area (TPSA) is 47.5 Å². The maximum absolute atomic E-state index is 13.2. The molecule has 0 atom stereocenters. The molecule has 27 heavy (non-hydrogen) atoms. The van der Waals surface area contributed by atoms with Gasteiger partial charge in [0.1, 0.15) is 11.3 Å². The van der Waals surface area contributed by atoms with E-state index < -0.39 is 23.7 Å². The highest BCUT2D eigenvalue weighted by Crippen LogP contribution is 2.37. The van der Waals surface area contributed by atoms with E-state index in [0.717, 1.165) is 6.20 Å². The lowest BCUT2D eigenvalue weighted by Crippen LogP contribution is -2.22. The molecule has 0 spiro atoms. The van der Waals surface area contributed by atoms with Crippen LogP contribution in [0.15, 0.2) is 30.5 Å². The molecule has 0 radical (unpaired) electrons. The van der Waals surface area contributed by atoms with Gasteiger partial charge in [0.2, 0.25) is 11.8 Å². The van der Waals surface area contributed by atoms with E-state index in [4.69, 9.17) is 9.47 Å². The molecule has 0 saturated heterocycles. The van der Waals surface area contributed by atoms with Crippen LogP contribution in [0.25, 0.3) is 0 Å². The predicted octanol–water partition coefficient (Wildman–Crippen LogP) is 5.23. The second-order valence-corrected chi connectivity index (χ2v) is 6.46. The monoisotopic (exact) mass is 383 g/mol. The molecule has 5 nitrogen and oxygen atoms in total. The molecule has 1 heterocycles. The van der Waals surface area contributed by atoms with Crippen molar-refractivity contribution in [3.63, 3.8) is 0 Å². The summed E-state index contributed by atoms with van der Waals surface area (Å²) in [6.07, 6.45) is -4.28. The molecule has 8 heteroatoms. The van der Waals surface area contributed by atoms with Crippen LogP contribution in [0.2, 0.25) is 0 Å². The first-order valence-corrected chi connectivity index (χ1v) is 8.77. The summed E-state index contributed by atoms with van der Waals surface area (Å²) in [6.45, 7) is 9.44. The van der Waals surface area contributed by atoms with Crippen LogP contribution in [-0.4, -0.2) is 28.7 Å². The van der Waals surface area contributed by atoms with Crippen LogP contribution in [0, 0.1) is 0 Å². The summed E-state index contributed by atoms with van der Waals surface area (Å²) in [5.41, 5.74) is -0.279. The number of alkyl halides is 3. The molecule has 0 aliphatic rings. The van der Waals surface area contributed by atoms with Gasteiger partial charge in [0.05, 0.1) is 12.2 Å². The van der Waals surface area contributed by atoms with E-state index in [2.05, 4.69) is 9.97 Å². The molecule has 1 aromatic carbocycles. The second-order valence-electron chi connectivity index (χ2n) is 6.46. The number of benzene rings is 1. The van der Waals surface area contributed by atoms with Crippen molar-refractivity contribution >= 4 is 11.6 Å². The fourth-order valence-electron chi connectivity index (χ4n) is 2.43. The van der Waals surface area contributed by atoms with Crippen LogP contribution in [0.3, 0.4) is 0 Å². The summed E-state index contributed by atoms with van der Waals surface area (Å²) < 4.78 is 50.6. The summed E-state index contributed by atoms with van der Waals surface area (Å²) in [5, 5.41) is 0. The molecule has 0 amide bonds. The third-order valence-electron chi connectivity index (χ3n) is 3.45. The SMILES string of the molecule is CCN(c1cccc(OC(C)C)c1)c1ncc(C(F)(F)F)c(OC(C)C)n1. The van der Waals surface area contributed by atoms with Gasteiger partial charge in [-0.05, 0) is 46.8 Å². The van der Waals surface area contributed by atoms with Crippen LogP contribution in [-0.2, 0) is 6.18 Å². The van der Waals surface area contributed by atoms with Gasteiger partial charge < -0.3 is 14.4 Å². The summed E-state index contributed by atoms with van der Waals surface area (Å²) in [6, 6.07) is 7.25. The highest BCUT2D eigenvalue weighted by Gasteiger charge is 2.37. The van der Waals surface area contributed by atoms with E-state index in [-0.39, 0.29) is 12.1 Å². The number of rotatable bonds is 7. The van der Waals surface area contributed by atoms with Gasteiger partial charge in [-0.15, -0.1) is 0 Å². The van der Waals surface area contributed by atoms with Crippen LogP contribution >= 0.6 is 0 Å². The molecule has 1 aromatic heterocycles. The standard InChI is InChI=1S/C19H24F3N3O2/c1-6-25(14-8-7-9-15(10-14)26-12(2)3)18-23-11-16(19(20,21)22)17(24-18)27-13(4)5/h7-13H,6H2,1-5H3. The number of nitrogens with zero attached hydrogens (tertiary/aromatic N) is 3. The molecular weight excluding hydrogens is 359 g/mol. The Morgan fingerprint density at radius 3 is 2.30 bits per heavy atom. The molecular formula is C19H24F3N3O2. The Bertz CT molecular complexity index is 764. The minimum atomic E-state index is -4.59. The average Bonchev–Trinajstić information content (AvgIpc) is 2.54. The molecule has 0 aliphatic heterocycles. The predicted molar refractivity (Wildman–Crippen MR) is 97.7 cm³/mol. The quantitative estimate of drug-likeness (QED) is 0.655. The third-order valence-corrected chi connectivity index (χ3v) is 3.45. The molecule has 148 valence electrons. The Kier molecular flexibility index (Phi) is 6.51. The molecule has 0 saturated carbocycles. The fourth-order valence-corrected chi connectivity index (χ4v) is 2.43. The number of hydrogen-bond acceptors (Lipinski definition) is 5. The number of halogens is 3. The van der Waals surface area contributed by atoms with Crippen molar-refractivity contribution in [1.29, 1.82) is 0 Å². The zero-order valence-corrected chi connectivity index (χ0v) is 16.0. The highest BCUT2D eigenvalue weighted by molar-refractivity contribution is 5.59. The first-order valence-electron chi connectivity index (χ1n) is 8.77. The summed E-state index contributed by atoms with van der Waals surface area (Å²) in [4.78, 5) is 9.67. The van der Waals surface area contributed by atoms with E-state index in [1.54, 1.807) is 24.8 Å². The smallest absolute Gasteiger partial charge is 0.423 e. The van der Waals surface area contributed by atoms with E-state index in [0.29, 0.717) is 18.0 Å². The lowest BCUT2D eigenvalue weighted by atomic mass is 10.2. The van der Waals surface area contributed by atoms with Gasteiger partial charge in [0, 0.05) is 24.5 Å². The minimum absolute atomic E-state index is 0.00342. The van der Waals surface area contributed by atoms with Gasteiger partial charge in [-0.2, -0.15) is 18.2 Å². The fraction of sp³-hybridized carbons (Fsp3) is 0.474. The molecule has 2 aromatic rings. The summed E-state index contributed by atoms with van der Waals surface area (Å²) >= 11 is 0.